The second kappa shape index (κ2) is 15.5. The molecule has 0 bridgehead atoms. The number of carbonyl (C=O) groups excluding carboxylic acids is 4. The lowest BCUT2D eigenvalue weighted by molar-refractivity contribution is 0.0979. The van der Waals surface area contributed by atoms with Crippen molar-refractivity contribution in [2.24, 2.45) is 0 Å². The largest absolute Gasteiger partial charge is 0.339 e. The van der Waals surface area contributed by atoms with Gasteiger partial charge in [-0.15, -0.1) is 0 Å². The first-order chi connectivity index (χ1) is 26.2. The van der Waals surface area contributed by atoms with Gasteiger partial charge in [0.2, 0.25) is 17.8 Å². The normalized spacial score (nSPS) is 13.1. The number of fused-ring (bicyclic) bond motifs is 4. The summed E-state index contributed by atoms with van der Waals surface area (Å²) in [6.45, 7) is 8.95. The van der Waals surface area contributed by atoms with Crippen molar-refractivity contribution in [3.05, 3.63) is 129 Å². The van der Waals surface area contributed by atoms with E-state index in [-0.39, 0.29) is 46.2 Å². The Labute approximate surface area is 314 Å². The second-order valence-electron chi connectivity index (χ2n) is 13.6. The quantitative estimate of drug-likeness (QED) is 0.136. The zero-order valence-corrected chi connectivity index (χ0v) is 30.8. The van der Waals surface area contributed by atoms with Crippen molar-refractivity contribution in [2.75, 3.05) is 68.9 Å². The molecule has 4 aromatic carbocycles. The molecule has 0 saturated carbocycles. The number of hydrogen-bond acceptors (Lipinski definition) is 12. The van der Waals surface area contributed by atoms with Crippen molar-refractivity contribution in [2.45, 2.75) is 20.3 Å². The molecule has 0 amide bonds. The molecule has 1 aromatic heterocycles. The van der Waals surface area contributed by atoms with Crippen LogP contribution in [0.3, 0.4) is 0 Å². The Kier molecular flexibility index (Phi) is 10.4. The van der Waals surface area contributed by atoms with Gasteiger partial charge in [-0.25, -0.2) is 0 Å². The Morgan fingerprint density at radius 2 is 0.944 bits per heavy atom. The summed E-state index contributed by atoms with van der Waals surface area (Å²) in [7, 11) is 4.06. The van der Waals surface area contributed by atoms with Gasteiger partial charge in [0.05, 0.1) is 22.5 Å². The molecule has 7 rings (SSSR count). The van der Waals surface area contributed by atoms with Gasteiger partial charge in [-0.05, 0) is 52.3 Å². The van der Waals surface area contributed by atoms with Crippen LogP contribution in [0.4, 0.5) is 29.2 Å². The zero-order chi connectivity index (χ0) is 37.9. The zero-order valence-electron chi connectivity index (χ0n) is 30.8. The second-order valence-corrected chi connectivity index (χ2v) is 13.6. The lowest BCUT2D eigenvalue weighted by atomic mass is 9.83. The Bertz CT molecular complexity index is 2140. The van der Waals surface area contributed by atoms with E-state index in [9.17, 15) is 19.2 Å². The molecular formula is C42H42N8O4. The van der Waals surface area contributed by atoms with E-state index in [0.29, 0.717) is 63.8 Å². The maximum absolute atomic E-state index is 13.9. The summed E-state index contributed by atoms with van der Waals surface area (Å²) in [5.41, 5.74) is 3.21. The summed E-state index contributed by atoms with van der Waals surface area (Å²) in [4.78, 5) is 75.9. The molecule has 0 fully saturated rings. The number of likely N-dealkylation sites (N-methyl/N-ethyl adjacent to an activating group) is 1. The number of aromatic nitrogens is 3. The summed E-state index contributed by atoms with van der Waals surface area (Å²) in [5.74, 6) is -0.377. The molecule has 2 aliphatic carbocycles. The topological polar surface area (TPSA) is 141 Å². The Morgan fingerprint density at radius 1 is 0.500 bits per heavy atom. The molecule has 1 heterocycles. The van der Waals surface area contributed by atoms with Gasteiger partial charge in [-0.2, -0.15) is 15.0 Å². The van der Waals surface area contributed by atoms with Crippen molar-refractivity contribution >= 4 is 52.4 Å². The van der Waals surface area contributed by atoms with Crippen LogP contribution in [0.1, 0.15) is 84.0 Å². The van der Waals surface area contributed by atoms with E-state index in [1.807, 2.05) is 14.1 Å². The van der Waals surface area contributed by atoms with E-state index in [1.54, 1.807) is 84.9 Å². The molecule has 5 aromatic rings. The Hall–Kier alpha value is -6.11. The Balaban J connectivity index is 1.31. The molecule has 274 valence electrons. The summed E-state index contributed by atoms with van der Waals surface area (Å²) < 4.78 is 0. The number of hydrogen-bond donors (Lipinski definition) is 2. The molecule has 12 nitrogen and oxygen atoms in total. The van der Waals surface area contributed by atoms with Gasteiger partial charge in [0.25, 0.3) is 0 Å². The van der Waals surface area contributed by atoms with Crippen LogP contribution in [-0.4, -0.2) is 101 Å². The van der Waals surface area contributed by atoms with E-state index in [1.165, 1.54) is 0 Å². The fraction of sp³-hybridized carbons (Fsp3) is 0.262. The molecule has 0 unspecified atom stereocenters. The van der Waals surface area contributed by atoms with E-state index >= 15 is 0 Å². The van der Waals surface area contributed by atoms with Gasteiger partial charge in [0.15, 0.2) is 23.1 Å². The van der Waals surface area contributed by atoms with E-state index in [4.69, 9.17) is 15.0 Å². The van der Waals surface area contributed by atoms with Gasteiger partial charge in [0, 0.05) is 53.0 Å². The smallest absolute Gasteiger partial charge is 0.233 e. The first kappa shape index (κ1) is 36.3. The number of rotatable bonds is 14. The van der Waals surface area contributed by atoms with Gasteiger partial charge >= 0.3 is 0 Å². The molecule has 2 N–H and O–H groups in total. The van der Waals surface area contributed by atoms with Gasteiger partial charge in [-0.3, -0.25) is 19.2 Å². The summed E-state index contributed by atoms with van der Waals surface area (Å²) >= 11 is 0. The third-order valence-electron chi connectivity index (χ3n) is 9.92. The first-order valence-electron chi connectivity index (χ1n) is 18.2. The fourth-order valence-corrected chi connectivity index (χ4v) is 7.05. The molecule has 2 aliphatic rings. The highest BCUT2D eigenvalue weighted by atomic mass is 16.1. The van der Waals surface area contributed by atoms with Gasteiger partial charge in [-0.1, -0.05) is 86.6 Å². The SMILES string of the molecule is CCN(CC)CCN(CCCN(C)C)c1nc(Nc2cccc3c2C(=O)c2ccccc2C3=O)nc(Nc2cccc3c2C(=O)c2ccccc2C3=O)n1. The fourth-order valence-electron chi connectivity index (χ4n) is 7.05. The Morgan fingerprint density at radius 3 is 1.39 bits per heavy atom. The molecule has 0 spiro atoms. The standard InChI is InChI=1S/C42H42N8O4/c1-5-49(6-2)24-25-50(23-13-22-48(3)4)42-46-40(43-32-20-11-18-30-34(32)38(53)28-16-9-7-14-26(28)36(30)51)45-41(47-42)44-33-21-12-19-31-35(33)39(54)29-17-10-8-15-27(29)37(31)52/h7-12,14-21H,5-6,13,22-25H2,1-4H3,(H2,43,44,45,46,47). The number of ketones is 4. The maximum Gasteiger partial charge on any atom is 0.233 e. The average Bonchev–Trinajstić information content (AvgIpc) is 3.18. The van der Waals surface area contributed by atoms with E-state index < -0.39 is 0 Å². The van der Waals surface area contributed by atoms with E-state index in [0.717, 1.165) is 32.6 Å². The van der Waals surface area contributed by atoms with Crippen molar-refractivity contribution < 1.29 is 19.2 Å². The molecule has 0 radical (unpaired) electrons. The highest BCUT2D eigenvalue weighted by molar-refractivity contribution is 6.31. The molecular weight excluding hydrogens is 681 g/mol. The van der Waals surface area contributed by atoms with Crippen LogP contribution in [0.5, 0.6) is 0 Å². The molecule has 0 saturated heterocycles. The van der Waals surface area contributed by atoms with Gasteiger partial charge in [0.1, 0.15) is 0 Å². The average molecular weight is 723 g/mol. The van der Waals surface area contributed by atoms with Crippen LogP contribution >= 0.6 is 0 Å². The minimum Gasteiger partial charge on any atom is -0.339 e. The first-order valence-corrected chi connectivity index (χ1v) is 18.2. The maximum atomic E-state index is 13.9. The van der Waals surface area contributed by atoms with Crippen molar-refractivity contribution in [3.63, 3.8) is 0 Å². The lowest BCUT2D eigenvalue weighted by Gasteiger charge is -2.27. The van der Waals surface area contributed by atoms with Crippen LogP contribution in [0.15, 0.2) is 84.9 Å². The van der Waals surface area contributed by atoms with Crippen LogP contribution < -0.4 is 15.5 Å². The van der Waals surface area contributed by atoms with Crippen LogP contribution in [-0.2, 0) is 0 Å². The minimum absolute atomic E-state index is 0.132. The number of anilines is 5. The minimum atomic E-state index is -0.278. The third kappa shape index (κ3) is 7.01. The number of nitrogens with zero attached hydrogens (tertiary/aromatic N) is 6. The highest BCUT2D eigenvalue weighted by Crippen LogP contribution is 2.35. The number of carbonyl (C=O) groups is 4. The van der Waals surface area contributed by atoms with Crippen LogP contribution in [0.25, 0.3) is 0 Å². The van der Waals surface area contributed by atoms with Crippen molar-refractivity contribution in [1.29, 1.82) is 0 Å². The monoisotopic (exact) mass is 722 g/mol. The molecule has 12 heteroatoms. The predicted molar refractivity (Wildman–Crippen MR) is 209 cm³/mol. The number of nitrogens with one attached hydrogen (secondary N) is 2. The van der Waals surface area contributed by atoms with Crippen molar-refractivity contribution in [3.8, 4) is 0 Å². The molecule has 54 heavy (non-hydrogen) atoms. The van der Waals surface area contributed by atoms with Crippen molar-refractivity contribution in [1.82, 2.24) is 24.8 Å². The van der Waals surface area contributed by atoms with Crippen LogP contribution in [0.2, 0.25) is 0 Å². The summed E-state index contributed by atoms with van der Waals surface area (Å²) in [6, 6.07) is 23.8. The van der Waals surface area contributed by atoms with E-state index in [2.05, 4.69) is 39.2 Å². The third-order valence-corrected chi connectivity index (χ3v) is 9.92. The van der Waals surface area contributed by atoms with Gasteiger partial charge < -0.3 is 25.3 Å². The van der Waals surface area contributed by atoms with Crippen LogP contribution in [0, 0.1) is 0 Å². The lowest BCUT2D eigenvalue weighted by Crippen LogP contribution is -2.37. The highest BCUT2D eigenvalue weighted by Gasteiger charge is 2.33. The number of benzene rings is 4. The summed E-state index contributed by atoms with van der Waals surface area (Å²) in [6.07, 6.45) is 0.840. The molecule has 0 aliphatic heterocycles. The predicted octanol–water partition coefficient (Wildman–Crippen LogP) is 6.01. The molecule has 0 atom stereocenters. The summed E-state index contributed by atoms with van der Waals surface area (Å²) in [5, 5.41) is 6.49.